The van der Waals surface area contributed by atoms with Crippen molar-refractivity contribution in [2.45, 2.75) is 51.8 Å². The summed E-state index contributed by atoms with van der Waals surface area (Å²) in [7, 11) is 1.62. The minimum atomic E-state index is -3.67. The molecule has 3 aromatic rings. The molecule has 0 bridgehead atoms. The van der Waals surface area contributed by atoms with E-state index < -0.39 is 12.5 Å². The zero-order chi connectivity index (χ0) is 21.8. The Morgan fingerprint density at radius 1 is 1.13 bits per heavy atom. The van der Waals surface area contributed by atoms with Crippen LogP contribution in [0.15, 0.2) is 16.9 Å². The summed E-state index contributed by atoms with van der Waals surface area (Å²) >= 11 is 0. The molecule has 0 aromatic carbocycles. The molecule has 11 heteroatoms. The van der Waals surface area contributed by atoms with E-state index in [-0.39, 0.29) is 28.9 Å². The maximum Gasteiger partial charge on any atom is 0.379 e. The van der Waals surface area contributed by atoms with E-state index in [1.165, 1.54) is 17.1 Å². The molecule has 3 heterocycles. The first kappa shape index (κ1) is 21.7. The molecule has 0 radical (unpaired) electrons. The highest BCUT2D eigenvalue weighted by atomic mass is 19.4. The molecule has 0 unspecified atom stereocenters. The van der Waals surface area contributed by atoms with E-state index in [1.54, 1.807) is 20.0 Å². The van der Waals surface area contributed by atoms with Gasteiger partial charge in [-0.15, -0.1) is 0 Å². The van der Waals surface area contributed by atoms with E-state index in [2.05, 4.69) is 20.2 Å². The lowest BCUT2D eigenvalue weighted by Gasteiger charge is -2.22. The number of alkyl halides is 3. The fraction of sp³-hybridized carbons (Fsp3) is 0.474. The van der Waals surface area contributed by atoms with Crippen LogP contribution in [0.2, 0.25) is 0 Å². The van der Waals surface area contributed by atoms with Crippen molar-refractivity contribution in [1.29, 1.82) is 0 Å². The van der Waals surface area contributed by atoms with Gasteiger partial charge in [0.2, 0.25) is 5.82 Å². The fourth-order valence-electron chi connectivity index (χ4n) is 3.46. The molecule has 1 saturated carbocycles. The van der Waals surface area contributed by atoms with E-state index >= 15 is 4.39 Å². The van der Waals surface area contributed by atoms with Gasteiger partial charge >= 0.3 is 6.68 Å². The smallest absolute Gasteiger partial charge is 0.379 e. The van der Waals surface area contributed by atoms with Crippen molar-refractivity contribution >= 4 is 11.0 Å². The summed E-state index contributed by atoms with van der Waals surface area (Å²) in [6, 6.07) is 3.06. The number of H-pyrrole nitrogens is 1. The summed E-state index contributed by atoms with van der Waals surface area (Å²) in [5, 5.41) is 7.01. The van der Waals surface area contributed by atoms with Crippen molar-refractivity contribution in [1.82, 2.24) is 24.7 Å². The molecule has 1 aliphatic carbocycles. The van der Waals surface area contributed by atoms with Gasteiger partial charge in [-0.05, 0) is 38.7 Å². The number of nitrogens with zero attached hydrogens (tertiary/aromatic N) is 4. The summed E-state index contributed by atoms with van der Waals surface area (Å²) in [6.45, 7) is -1.98. The maximum absolute atomic E-state index is 15.1. The summed E-state index contributed by atoms with van der Waals surface area (Å²) in [5.41, 5.74) is 1.24. The van der Waals surface area contributed by atoms with Crippen molar-refractivity contribution < 1.29 is 22.3 Å². The van der Waals surface area contributed by atoms with Gasteiger partial charge in [-0.3, -0.25) is 9.89 Å². The Kier molecular flexibility index (Phi) is 6.68. The van der Waals surface area contributed by atoms with Gasteiger partial charge in [0.1, 0.15) is 23.3 Å². The Hall–Kier alpha value is -2.98. The average molecular weight is 427 g/mol. The zero-order valence-corrected chi connectivity index (χ0v) is 16.5. The molecule has 1 N–H and O–H groups in total. The Morgan fingerprint density at radius 2 is 1.80 bits per heavy atom. The van der Waals surface area contributed by atoms with Crippen LogP contribution in [0.3, 0.4) is 0 Å². The van der Waals surface area contributed by atoms with Crippen LogP contribution in [0.25, 0.3) is 22.4 Å². The van der Waals surface area contributed by atoms with E-state index in [4.69, 9.17) is 4.74 Å². The van der Waals surface area contributed by atoms with E-state index in [0.29, 0.717) is 16.9 Å². The van der Waals surface area contributed by atoms with Crippen LogP contribution in [0, 0.1) is 12.7 Å². The monoisotopic (exact) mass is 427 g/mol. The lowest BCUT2D eigenvalue weighted by atomic mass is 9.98. The second-order valence-electron chi connectivity index (χ2n) is 6.93. The van der Waals surface area contributed by atoms with Gasteiger partial charge in [-0.2, -0.15) is 27.6 Å². The fourth-order valence-corrected chi connectivity index (χ4v) is 3.46. The quantitative estimate of drug-likeness (QED) is 0.638. The number of halogens is 4. The maximum atomic E-state index is 15.1. The standard InChI is InChI=1S/C18H20FN5O2.CHF3/c1-10-20-15(14(19)18(21-10)26-11-6-4-3-5-7-11)16-17-12(22-23-16)8-9-13(25)24(17)2;2-1(3)4/h8-9,11H,3-7H2,1-2H3,(H,22,23);1H. The predicted molar refractivity (Wildman–Crippen MR) is 102 cm³/mol. The molecular weight excluding hydrogens is 406 g/mol. The number of ether oxygens (including phenoxy) is 1. The van der Waals surface area contributed by atoms with Crippen LogP contribution in [-0.4, -0.2) is 37.5 Å². The van der Waals surface area contributed by atoms with Gasteiger partial charge in [-0.25, -0.2) is 4.98 Å². The number of aryl methyl sites for hydroxylation is 2. The van der Waals surface area contributed by atoms with Crippen molar-refractivity contribution in [3.8, 4) is 17.3 Å². The lowest BCUT2D eigenvalue weighted by Crippen LogP contribution is -2.21. The molecule has 3 aromatic heterocycles. The topological polar surface area (TPSA) is 85.7 Å². The van der Waals surface area contributed by atoms with Crippen LogP contribution in [-0.2, 0) is 7.05 Å². The average Bonchev–Trinajstić information content (AvgIpc) is 3.12. The molecule has 0 spiro atoms. The molecule has 0 saturated heterocycles. The predicted octanol–water partition coefficient (Wildman–Crippen LogP) is 4.06. The second-order valence-corrected chi connectivity index (χ2v) is 6.93. The van der Waals surface area contributed by atoms with Gasteiger partial charge < -0.3 is 9.30 Å². The third-order valence-corrected chi connectivity index (χ3v) is 4.81. The van der Waals surface area contributed by atoms with Gasteiger partial charge in [0.15, 0.2) is 0 Å². The highest BCUT2D eigenvalue weighted by Crippen LogP contribution is 2.31. The number of aromatic nitrogens is 5. The van der Waals surface area contributed by atoms with E-state index in [1.807, 2.05) is 0 Å². The summed E-state index contributed by atoms with van der Waals surface area (Å²) in [6.07, 6.45) is 5.12. The SMILES string of the molecule is Cc1nc(OC2CCCCC2)c(F)c(-c2n[nH]c3ccc(=O)n(C)c23)n1.FC(F)F. The Morgan fingerprint density at radius 3 is 2.47 bits per heavy atom. The van der Waals surface area contributed by atoms with Crippen LogP contribution >= 0.6 is 0 Å². The van der Waals surface area contributed by atoms with Crippen LogP contribution in [0.1, 0.15) is 37.9 Å². The van der Waals surface area contributed by atoms with Crippen molar-refractivity contribution in [3.63, 3.8) is 0 Å². The second kappa shape index (κ2) is 9.23. The first-order chi connectivity index (χ1) is 14.3. The molecule has 1 fully saturated rings. The number of nitrogens with one attached hydrogen (secondary N) is 1. The Labute approximate surface area is 169 Å². The molecule has 30 heavy (non-hydrogen) atoms. The first-order valence-electron chi connectivity index (χ1n) is 9.45. The summed E-state index contributed by atoms with van der Waals surface area (Å²) in [4.78, 5) is 20.3. The Bertz CT molecular complexity index is 1070. The third kappa shape index (κ3) is 4.77. The Balaban J connectivity index is 0.000000589. The number of hydrogen-bond acceptors (Lipinski definition) is 5. The first-order valence-corrected chi connectivity index (χ1v) is 9.45. The van der Waals surface area contributed by atoms with Crippen molar-refractivity contribution in [2.24, 2.45) is 7.05 Å². The van der Waals surface area contributed by atoms with E-state index in [0.717, 1.165) is 25.7 Å². The molecule has 0 atom stereocenters. The highest BCUT2D eigenvalue weighted by molar-refractivity contribution is 5.89. The molecular formula is C19H21F4N5O2. The number of aromatic amines is 1. The van der Waals surface area contributed by atoms with Crippen molar-refractivity contribution in [3.05, 3.63) is 34.1 Å². The van der Waals surface area contributed by atoms with Crippen molar-refractivity contribution in [2.75, 3.05) is 0 Å². The molecule has 0 amide bonds. The minimum Gasteiger partial charge on any atom is -0.472 e. The highest BCUT2D eigenvalue weighted by Gasteiger charge is 2.24. The van der Waals surface area contributed by atoms with Crippen LogP contribution in [0.4, 0.5) is 17.6 Å². The van der Waals surface area contributed by atoms with Gasteiger partial charge in [-0.1, -0.05) is 6.42 Å². The summed E-state index contributed by atoms with van der Waals surface area (Å²) < 4.78 is 51.4. The number of fused-ring (bicyclic) bond motifs is 1. The normalized spacial score (nSPS) is 14.6. The third-order valence-electron chi connectivity index (χ3n) is 4.81. The van der Waals surface area contributed by atoms with Crippen LogP contribution < -0.4 is 10.3 Å². The number of rotatable bonds is 3. The summed E-state index contributed by atoms with van der Waals surface area (Å²) in [5.74, 6) is -0.299. The lowest BCUT2D eigenvalue weighted by molar-refractivity contribution is 0.00819. The molecule has 4 rings (SSSR count). The minimum absolute atomic E-state index is 0.0271. The van der Waals surface area contributed by atoms with Gasteiger partial charge in [0.25, 0.3) is 11.4 Å². The molecule has 7 nitrogen and oxygen atoms in total. The zero-order valence-electron chi connectivity index (χ0n) is 16.5. The molecule has 0 aliphatic heterocycles. The molecule has 162 valence electrons. The van der Waals surface area contributed by atoms with Crippen LogP contribution in [0.5, 0.6) is 5.88 Å². The number of pyridine rings is 1. The number of hydrogen-bond donors (Lipinski definition) is 1. The molecule has 1 aliphatic rings. The van der Waals surface area contributed by atoms with Gasteiger partial charge in [0, 0.05) is 13.1 Å². The van der Waals surface area contributed by atoms with Gasteiger partial charge in [0.05, 0.1) is 11.0 Å². The van der Waals surface area contributed by atoms with E-state index in [9.17, 15) is 18.0 Å². The largest absolute Gasteiger partial charge is 0.472 e.